The lowest BCUT2D eigenvalue weighted by atomic mass is 10.4. The molecule has 0 unspecified atom stereocenters. The number of aryl methyl sites for hydroxylation is 1. The van der Waals surface area contributed by atoms with Crippen LogP contribution in [0.5, 0.6) is 5.75 Å². The van der Waals surface area contributed by atoms with Crippen molar-refractivity contribution in [2.24, 2.45) is 0 Å². The van der Waals surface area contributed by atoms with Crippen molar-refractivity contribution in [3.8, 4) is 5.75 Å². The lowest BCUT2D eigenvalue weighted by molar-refractivity contribution is 0.338. The first-order valence-corrected chi connectivity index (χ1v) is 4.28. The van der Waals surface area contributed by atoms with Crippen LogP contribution in [0.25, 0.3) is 0 Å². The van der Waals surface area contributed by atoms with E-state index in [2.05, 4.69) is 20.9 Å². The summed E-state index contributed by atoms with van der Waals surface area (Å²) in [7, 11) is 0. The normalized spacial score (nSPS) is 9.73. The zero-order chi connectivity index (χ0) is 8.27. The minimum atomic E-state index is 0.678. The van der Waals surface area contributed by atoms with Crippen LogP contribution in [0.15, 0.2) is 16.7 Å². The SMILES string of the molecule is CCOc1cnc(C)c(Br)c1. The zero-order valence-electron chi connectivity index (χ0n) is 6.60. The molecule has 0 N–H and O–H groups in total. The summed E-state index contributed by atoms with van der Waals surface area (Å²) < 4.78 is 6.24. The van der Waals surface area contributed by atoms with Crippen molar-refractivity contribution in [3.63, 3.8) is 0 Å². The van der Waals surface area contributed by atoms with Gasteiger partial charge in [0.25, 0.3) is 0 Å². The van der Waals surface area contributed by atoms with Crippen molar-refractivity contribution in [1.82, 2.24) is 4.98 Å². The third kappa shape index (κ3) is 2.19. The number of hydrogen-bond acceptors (Lipinski definition) is 2. The summed E-state index contributed by atoms with van der Waals surface area (Å²) in [5.41, 5.74) is 0.980. The third-order valence-corrected chi connectivity index (χ3v) is 2.11. The molecule has 0 bridgehead atoms. The highest BCUT2D eigenvalue weighted by Crippen LogP contribution is 2.19. The summed E-state index contributed by atoms with van der Waals surface area (Å²) in [6, 6.07) is 1.92. The van der Waals surface area contributed by atoms with E-state index >= 15 is 0 Å². The number of ether oxygens (including phenoxy) is 1. The van der Waals surface area contributed by atoms with Crippen LogP contribution in [0.3, 0.4) is 0 Å². The molecule has 1 rings (SSSR count). The van der Waals surface area contributed by atoms with Gasteiger partial charge >= 0.3 is 0 Å². The maximum Gasteiger partial charge on any atom is 0.138 e. The van der Waals surface area contributed by atoms with E-state index in [-0.39, 0.29) is 0 Å². The van der Waals surface area contributed by atoms with Crippen molar-refractivity contribution in [2.75, 3.05) is 6.61 Å². The van der Waals surface area contributed by atoms with E-state index in [0.717, 1.165) is 15.9 Å². The van der Waals surface area contributed by atoms with Crippen molar-refractivity contribution in [3.05, 3.63) is 22.4 Å². The monoisotopic (exact) mass is 215 g/mol. The van der Waals surface area contributed by atoms with Crippen LogP contribution in [0.1, 0.15) is 12.6 Å². The highest BCUT2D eigenvalue weighted by atomic mass is 79.9. The van der Waals surface area contributed by atoms with Crippen molar-refractivity contribution < 1.29 is 4.74 Å². The van der Waals surface area contributed by atoms with Gasteiger partial charge in [-0.15, -0.1) is 0 Å². The van der Waals surface area contributed by atoms with Crippen LogP contribution < -0.4 is 4.74 Å². The number of rotatable bonds is 2. The highest BCUT2D eigenvalue weighted by molar-refractivity contribution is 9.10. The Morgan fingerprint density at radius 1 is 1.64 bits per heavy atom. The fraction of sp³-hybridized carbons (Fsp3) is 0.375. The summed E-state index contributed by atoms with van der Waals surface area (Å²) in [6.45, 7) is 4.57. The van der Waals surface area contributed by atoms with E-state index in [0.29, 0.717) is 6.61 Å². The summed E-state index contributed by atoms with van der Waals surface area (Å²) in [6.07, 6.45) is 1.73. The molecule has 0 aliphatic heterocycles. The van der Waals surface area contributed by atoms with E-state index in [4.69, 9.17) is 4.74 Å². The second kappa shape index (κ2) is 3.72. The Balaban J connectivity index is 2.86. The minimum Gasteiger partial charge on any atom is -0.492 e. The van der Waals surface area contributed by atoms with Crippen molar-refractivity contribution in [1.29, 1.82) is 0 Å². The highest BCUT2D eigenvalue weighted by Gasteiger charge is 1.97. The first kappa shape index (κ1) is 8.53. The van der Waals surface area contributed by atoms with E-state index < -0.39 is 0 Å². The first-order valence-electron chi connectivity index (χ1n) is 3.49. The van der Waals surface area contributed by atoms with Gasteiger partial charge in [-0.05, 0) is 35.8 Å². The van der Waals surface area contributed by atoms with Gasteiger partial charge in [-0.3, -0.25) is 4.98 Å². The number of hydrogen-bond donors (Lipinski definition) is 0. The Kier molecular flexibility index (Phi) is 2.88. The van der Waals surface area contributed by atoms with Gasteiger partial charge in [-0.25, -0.2) is 0 Å². The average molecular weight is 216 g/mol. The molecule has 1 aromatic heterocycles. The Morgan fingerprint density at radius 3 is 2.91 bits per heavy atom. The zero-order valence-corrected chi connectivity index (χ0v) is 8.18. The molecule has 0 atom stereocenters. The van der Waals surface area contributed by atoms with Crippen LogP contribution in [-0.2, 0) is 0 Å². The Labute approximate surface area is 74.7 Å². The fourth-order valence-corrected chi connectivity index (χ4v) is 1.06. The largest absolute Gasteiger partial charge is 0.492 e. The molecule has 1 heterocycles. The standard InChI is InChI=1S/C8H10BrNO/c1-3-11-7-4-8(9)6(2)10-5-7/h4-5H,3H2,1-2H3. The van der Waals surface area contributed by atoms with E-state index in [9.17, 15) is 0 Å². The number of halogens is 1. The third-order valence-electron chi connectivity index (χ3n) is 1.31. The molecule has 1 aromatic rings. The summed E-state index contributed by atoms with van der Waals surface area (Å²) in [4.78, 5) is 4.13. The fourth-order valence-electron chi connectivity index (χ4n) is 0.734. The van der Waals surface area contributed by atoms with Gasteiger partial charge in [-0.2, -0.15) is 0 Å². The Hall–Kier alpha value is -0.570. The molecule has 0 aromatic carbocycles. The Bertz CT molecular complexity index is 250. The number of aromatic nitrogens is 1. The molecule has 2 nitrogen and oxygen atoms in total. The molecular formula is C8H10BrNO. The topological polar surface area (TPSA) is 22.1 Å². The van der Waals surface area contributed by atoms with E-state index in [1.807, 2.05) is 19.9 Å². The van der Waals surface area contributed by atoms with E-state index in [1.54, 1.807) is 6.20 Å². The van der Waals surface area contributed by atoms with Gasteiger partial charge in [0, 0.05) is 4.47 Å². The maximum atomic E-state index is 5.25. The van der Waals surface area contributed by atoms with Crippen LogP contribution >= 0.6 is 15.9 Å². The molecule has 0 spiro atoms. The second-order valence-electron chi connectivity index (χ2n) is 2.17. The van der Waals surface area contributed by atoms with Crippen LogP contribution in [0, 0.1) is 6.92 Å². The second-order valence-corrected chi connectivity index (χ2v) is 3.03. The number of pyridine rings is 1. The smallest absolute Gasteiger partial charge is 0.138 e. The molecular weight excluding hydrogens is 206 g/mol. The molecule has 0 radical (unpaired) electrons. The molecule has 0 aliphatic carbocycles. The molecule has 60 valence electrons. The molecule has 3 heteroatoms. The summed E-state index contributed by atoms with van der Waals surface area (Å²) in [5, 5.41) is 0. The molecule has 11 heavy (non-hydrogen) atoms. The van der Waals surface area contributed by atoms with Crippen molar-refractivity contribution in [2.45, 2.75) is 13.8 Å². The average Bonchev–Trinajstić information content (AvgIpc) is 1.98. The van der Waals surface area contributed by atoms with Crippen LogP contribution in [0.2, 0.25) is 0 Å². The molecule has 0 saturated heterocycles. The van der Waals surface area contributed by atoms with Gasteiger partial charge in [0.15, 0.2) is 0 Å². The maximum absolute atomic E-state index is 5.25. The quantitative estimate of drug-likeness (QED) is 0.757. The summed E-state index contributed by atoms with van der Waals surface area (Å²) in [5.74, 6) is 0.810. The Morgan fingerprint density at radius 2 is 2.36 bits per heavy atom. The van der Waals surface area contributed by atoms with E-state index in [1.165, 1.54) is 0 Å². The number of nitrogens with zero attached hydrogens (tertiary/aromatic N) is 1. The van der Waals surface area contributed by atoms with Gasteiger partial charge in [0.05, 0.1) is 18.5 Å². The predicted octanol–water partition coefficient (Wildman–Crippen LogP) is 2.55. The van der Waals surface area contributed by atoms with Crippen LogP contribution in [-0.4, -0.2) is 11.6 Å². The van der Waals surface area contributed by atoms with Gasteiger partial charge in [0.2, 0.25) is 0 Å². The molecule has 0 saturated carbocycles. The minimum absolute atomic E-state index is 0.678. The predicted molar refractivity (Wildman–Crippen MR) is 47.8 cm³/mol. The van der Waals surface area contributed by atoms with Gasteiger partial charge < -0.3 is 4.74 Å². The molecule has 0 aliphatic rings. The van der Waals surface area contributed by atoms with Gasteiger partial charge in [0.1, 0.15) is 5.75 Å². The molecule has 0 fully saturated rings. The van der Waals surface area contributed by atoms with Crippen molar-refractivity contribution >= 4 is 15.9 Å². The van der Waals surface area contributed by atoms with Crippen LogP contribution in [0.4, 0.5) is 0 Å². The van der Waals surface area contributed by atoms with Gasteiger partial charge in [-0.1, -0.05) is 0 Å². The lowest BCUT2D eigenvalue weighted by Gasteiger charge is -2.03. The summed E-state index contributed by atoms with van der Waals surface area (Å²) >= 11 is 3.37. The first-order chi connectivity index (χ1) is 5.24. The molecule has 0 amide bonds. The lowest BCUT2D eigenvalue weighted by Crippen LogP contribution is -1.93.